The Kier molecular flexibility index (Phi) is 3.60. The molecule has 0 bridgehead atoms. The fourth-order valence-corrected chi connectivity index (χ4v) is 3.53. The molecule has 4 rings (SSSR count). The van der Waals surface area contributed by atoms with Crippen LogP contribution in [0.15, 0.2) is 12.6 Å². The lowest BCUT2D eigenvalue weighted by atomic mass is 9.77. The fraction of sp³-hybridized carbons (Fsp3) is 0.526. The summed E-state index contributed by atoms with van der Waals surface area (Å²) in [6.07, 6.45) is 0. The van der Waals surface area contributed by atoms with E-state index in [-0.39, 0.29) is 6.04 Å². The quantitative estimate of drug-likeness (QED) is 0.772. The number of imidazole rings is 1. The van der Waals surface area contributed by atoms with Gasteiger partial charge in [0.1, 0.15) is 29.2 Å². The molecule has 3 heterocycles. The average molecular weight is 358 g/mol. The molecule has 1 fully saturated rings. The van der Waals surface area contributed by atoms with Crippen molar-refractivity contribution in [2.24, 2.45) is 0 Å². The summed E-state index contributed by atoms with van der Waals surface area (Å²) in [4.78, 5) is 4.49. The first-order valence-electron chi connectivity index (χ1n) is 8.92. The maximum Gasteiger partial charge on any atom is 0.498 e. The van der Waals surface area contributed by atoms with Crippen LogP contribution in [0.5, 0.6) is 5.75 Å². The van der Waals surface area contributed by atoms with Gasteiger partial charge in [0.2, 0.25) is 0 Å². The zero-order valence-electron chi connectivity index (χ0n) is 16.1. The topological polar surface area (TPSA) is 45.5 Å². The summed E-state index contributed by atoms with van der Waals surface area (Å²) in [6, 6.07) is 1.46. The van der Waals surface area contributed by atoms with Crippen LogP contribution in [0, 0.1) is 5.82 Å². The lowest BCUT2D eigenvalue weighted by Gasteiger charge is -2.32. The predicted molar refractivity (Wildman–Crippen MR) is 100 cm³/mol. The smallest absolute Gasteiger partial charge is 0.490 e. The summed E-state index contributed by atoms with van der Waals surface area (Å²) in [6.45, 7) is 16.2. The molecule has 5 nitrogen and oxygen atoms in total. The molecule has 0 amide bonds. The molecule has 1 aromatic heterocycles. The Bertz CT molecular complexity index is 919. The first-order chi connectivity index (χ1) is 12.0. The van der Waals surface area contributed by atoms with Gasteiger partial charge < -0.3 is 18.6 Å². The Hall–Kier alpha value is -1.86. The van der Waals surface area contributed by atoms with Gasteiger partial charge in [0.05, 0.1) is 17.2 Å². The standard InChI is InChI=1S/C19H24BFN2O3/c1-10(2)17-22-14-13(21)8-12(16-15(14)23(17)11(3)9-24-16)20-25-18(4,5)19(6,7)26-20/h8,11H,1,9H2,2-7H3/t11-/m0/s1. The number of benzene rings is 1. The van der Waals surface area contributed by atoms with E-state index >= 15 is 0 Å². The number of hydrogen-bond acceptors (Lipinski definition) is 4. The van der Waals surface area contributed by atoms with Gasteiger partial charge in [0.15, 0.2) is 5.82 Å². The van der Waals surface area contributed by atoms with E-state index in [2.05, 4.69) is 11.6 Å². The van der Waals surface area contributed by atoms with Crippen molar-refractivity contribution in [3.63, 3.8) is 0 Å². The summed E-state index contributed by atoms with van der Waals surface area (Å²) < 4.78 is 35.2. The van der Waals surface area contributed by atoms with Crippen molar-refractivity contribution in [1.29, 1.82) is 0 Å². The highest BCUT2D eigenvalue weighted by Crippen LogP contribution is 2.40. The van der Waals surface area contributed by atoms with Gasteiger partial charge in [-0.15, -0.1) is 0 Å². The van der Waals surface area contributed by atoms with Crippen molar-refractivity contribution < 1.29 is 18.4 Å². The molecule has 0 spiro atoms. The van der Waals surface area contributed by atoms with Gasteiger partial charge in [-0.25, -0.2) is 9.37 Å². The monoisotopic (exact) mass is 358 g/mol. The highest BCUT2D eigenvalue weighted by Gasteiger charge is 2.53. The van der Waals surface area contributed by atoms with E-state index in [1.54, 1.807) is 0 Å². The van der Waals surface area contributed by atoms with Gasteiger partial charge in [0, 0.05) is 5.46 Å². The van der Waals surface area contributed by atoms with E-state index in [0.29, 0.717) is 34.7 Å². The van der Waals surface area contributed by atoms with Crippen molar-refractivity contribution in [2.45, 2.75) is 58.8 Å². The average Bonchev–Trinajstić information content (AvgIpc) is 3.02. The number of hydrogen-bond donors (Lipinski definition) is 0. The van der Waals surface area contributed by atoms with E-state index in [1.807, 2.05) is 46.1 Å². The summed E-state index contributed by atoms with van der Waals surface area (Å²) in [7, 11) is -0.695. The van der Waals surface area contributed by atoms with Gasteiger partial charge in [-0.1, -0.05) is 6.58 Å². The van der Waals surface area contributed by atoms with Crippen LogP contribution in [0.25, 0.3) is 16.6 Å². The SMILES string of the molecule is C=C(C)c1nc2c(F)cc(B3OC(C)(C)C(C)(C)O3)c3c2n1[C@@H](C)CO3. The van der Waals surface area contributed by atoms with Gasteiger partial charge in [-0.05, 0) is 53.2 Å². The second-order valence-corrected chi connectivity index (χ2v) is 8.31. The Morgan fingerprint density at radius 2 is 1.92 bits per heavy atom. The third-order valence-electron chi connectivity index (χ3n) is 5.70. The van der Waals surface area contributed by atoms with Crippen LogP contribution in [-0.2, 0) is 9.31 Å². The molecule has 0 N–H and O–H groups in total. The molecule has 1 saturated heterocycles. The second-order valence-electron chi connectivity index (χ2n) is 8.31. The molecule has 0 unspecified atom stereocenters. The van der Waals surface area contributed by atoms with Gasteiger partial charge >= 0.3 is 7.12 Å². The van der Waals surface area contributed by atoms with Gasteiger partial charge in [-0.3, -0.25) is 0 Å². The van der Waals surface area contributed by atoms with Crippen molar-refractivity contribution >= 4 is 29.2 Å². The minimum atomic E-state index is -0.695. The van der Waals surface area contributed by atoms with E-state index in [4.69, 9.17) is 14.0 Å². The predicted octanol–water partition coefficient (Wildman–Crippen LogP) is 3.46. The van der Waals surface area contributed by atoms with Crippen LogP contribution in [-0.4, -0.2) is 34.5 Å². The third kappa shape index (κ3) is 2.26. The Morgan fingerprint density at radius 1 is 1.31 bits per heavy atom. The molecule has 138 valence electrons. The first-order valence-corrected chi connectivity index (χ1v) is 8.92. The maximum absolute atomic E-state index is 14.9. The Morgan fingerprint density at radius 3 is 2.50 bits per heavy atom. The van der Waals surface area contributed by atoms with Crippen LogP contribution in [0.2, 0.25) is 0 Å². The molecule has 1 aromatic carbocycles. The largest absolute Gasteiger partial charge is 0.498 e. The second kappa shape index (κ2) is 5.33. The van der Waals surface area contributed by atoms with Gasteiger partial charge in [0.25, 0.3) is 0 Å². The summed E-state index contributed by atoms with van der Waals surface area (Å²) >= 11 is 0. The molecule has 0 saturated carbocycles. The normalized spacial score (nSPS) is 23.3. The van der Waals surface area contributed by atoms with Gasteiger partial charge in [-0.2, -0.15) is 0 Å². The summed E-state index contributed by atoms with van der Waals surface area (Å²) in [5.74, 6) is 0.854. The lowest BCUT2D eigenvalue weighted by Crippen LogP contribution is -2.41. The minimum absolute atomic E-state index is 0.0344. The van der Waals surface area contributed by atoms with Crippen molar-refractivity contribution in [2.75, 3.05) is 6.61 Å². The highest BCUT2D eigenvalue weighted by atomic mass is 19.1. The van der Waals surface area contributed by atoms with Crippen LogP contribution in [0.4, 0.5) is 4.39 Å². The molecular weight excluding hydrogens is 334 g/mol. The summed E-state index contributed by atoms with van der Waals surface area (Å²) in [5.41, 5.74) is 1.27. The molecule has 0 radical (unpaired) electrons. The number of ether oxygens (including phenoxy) is 1. The lowest BCUT2D eigenvalue weighted by molar-refractivity contribution is 0.00578. The number of nitrogens with zero attached hydrogens (tertiary/aromatic N) is 2. The minimum Gasteiger partial charge on any atom is -0.490 e. The van der Waals surface area contributed by atoms with Crippen molar-refractivity contribution in [3.05, 3.63) is 24.3 Å². The van der Waals surface area contributed by atoms with Crippen molar-refractivity contribution in [3.8, 4) is 5.75 Å². The fourth-order valence-electron chi connectivity index (χ4n) is 3.53. The van der Waals surface area contributed by atoms with E-state index < -0.39 is 24.1 Å². The van der Waals surface area contributed by atoms with E-state index in [0.717, 1.165) is 5.57 Å². The zero-order valence-corrected chi connectivity index (χ0v) is 16.1. The third-order valence-corrected chi connectivity index (χ3v) is 5.70. The van der Waals surface area contributed by atoms with Crippen LogP contribution in [0.3, 0.4) is 0 Å². The van der Waals surface area contributed by atoms with E-state index in [1.165, 1.54) is 6.07 Å². The molecule has 26 heavy (non-hydrogen) atoms. The first kappa shape index (κ1) is 17.6. The molecule has 2 aliphatic rings. The van der Waals surface area contributed by atoms with E-state index in [9.17, 15) is 4.39 Å². The van der Waals surface area contributed by atoms with Crippen LogP contribution < -0.4 is 10.2 Å². The molecular formula is C19H24BFN2O3. The molecule has 0 aliphatic carbocycles. The number of aromatic nitrogens is 2. The maximum atomic E-state index is 14.9. The zero-order chi connectivity index (χ0) is 19.0. The Labute approximate surface area is 153 Å². The number of rotatable bonds is 2. The summed E-state index contributed by atoms with van der Waals surface area (Å²) in [5, 5.41) is 0. The molecule has 7 heteroatoms. The molecule has 2 aliphatic heterocycles. The highest BCUT2D eigenvalue weighted by molar-refractivity contribution is 6.63. The van der Waals surface area contributed by atoms with Crippen LogP contribution >= 0.6 is 0 Å². The number of allylic oxidation sites excluding steroid dienone is 1. The molecule has 1 atom stereocenters. The number of halogens is 1. The Balaban J connectivity index is 1.96. The van der Waals surface area contributed by atoms with Crippen molar-refractivity contribution in [1.82, 2.24) is 9.55 Å². The molecule has 2 aromatic rings. The van der Waals surface area contributed by atoms with Crippen LogP contribution in [0.1, 0.15) is 53.4 Å².